The van der Waals surface area contributed by atoms with Crippen molar-refractivity contribution in [3.05, 3.63) is 0 Å². The number of nitrogens with zero attached hydrogens (tertiary/aromatic N) is 3. The second-order valence-electron chi connectivity index (χ2n) is 9.87. The van der Waals surface area contributed by atoms with Gasteiger partial charge < -0.3 is 19.4 Å². The van der Waals surface area contributed by atoms with Crippen molar-refractivity contribution < 1.29 is 14.3 Å². The van der Waals surface area contributed by atoms with Crippen LogP contribution >= 0.6 is 0 Å². The van der Waals surface area contributed by atoms with Gasteiger partial charge in [-0.15, -0.1) is 0 Å². The monoisotopic (exact) mass is 379 g/mol. The standard InChI is InChI=1S/C21H37N3O3/c1-20(2,3)27-19(26)24-11-9-21(10-12-24)7-5-17(6-8-21)18(25)23-15-13-22(4)14-16-23/h17H,5-16H2,1-4H3. The Balaban J connectivity index is 1.45. The molecular formula is C21H37N3O3. The Morgan fingerprint density at radius 2 is 1.41 bits per heavy atom. The van der Waals surface area contributed by atoms with Gasteiger partial charge in [-0.2, -0.15) is 0 Å². The van der Waals surface area contributed by atoms with Crippen molar-refractivity contribution in [3.8, 4) is 0 Å². The number of rotatable bonds is 1. The zero-order valence-electron chi connectivity index (χ0n) is 17.6. The van der Waals surface area contributed by atoms with Gasteiger partial charge in [0.15, 0.2) is 0 Å². The molecule has 27 heavy (non-hydrogen) atoms. The number of carbonyl (C=O) groups excluding carboxylic acids is 2. The summed E-state index contributed by atoms with van der Waals surface area (Å²) in [6.07, 6.45) is 6.17. The van der Waals surface area contributed by atoms with Gasteiger partial charge >= 0.3 is 6.09 Å². The van der Waals surface area contributed by atoms with Crippen molar-refractivity contribution in [1.82, 2.24) is 14.7 Å². The van der Waals surface area contributed by atoms with E-state index < -0.39 is 5.60 Å². The molecule has 0 aromatic rings. The van der Waals surface area contributed by atoms with Crippen molar-refractivity contribution in [2.75, 3.05) is 46.3 Å². The molecule has 6 heteroatoms. The topological polar surface area (TPSA) is 53.1 Å². The smallest absolute Gasteiger partial charge is 0.410 e. The van der Waals surface area contributed by atoms with Crippen molar-refractivity contribution in [2.24, 2.45) is 11.3 Å². The maximum absolute atomic E-state index is 12.8. The Hall–Kier alpha value is -1.30. The molecule has 0 N–H and O–H groups in total. The molecule has 0 radical (unpaired) electrons. The van der Waals surface area contributed by atoms with Gasteiger partial charge in [0.2, 0.25) is 5.91 Å². The average molecular weight is 380 g/mol. The fourth-order valence-electron chi connectivity index (χ4n) is 4.75. The number of piperidine rings is 1. The van der Waals surface area contributed by atoms with E-state index in [1.807, 2.05) is 25.7 Å². The number of likely N-dealkylation sites (N-methyl/N-ethyl adjacent to an activating group) is 1. The van der Waals surface area contributed by atoms with Crippen LogP contribution in [-0.4, -0.2) is 78.6 Å². The van der Waals surface area contributed by atoms with Gasteiger partial charge in [0, 0.05) is 45.2 Å². The molecule has 3 aliphatic rings. The molecule has 2 saturated heterocycles. The van der Waals surface area contributed by atoms with Gasteiger partial charge in [-0.05, 0) is 71.8 Å². The molecule has 0 bridgehead atoms. The highest BCUT2D eigenvalue weighted by atomic mass is 16.6. The highest BCUT2D eigenvalue weighted by Crippen LogP contribution is 2.46. The molecule has 2 heterocycles. The SMILES string of the molecule is CN1CCN(C(=O)C2CCC3(CC2)CCN(C(=O)OC(C)(C)C)CC3)CC1. The van der Waals surface area contributed by atoms with Crippen LogP contribution in [0.1, 0.15) is 59.3 Å². The lowest BCUT2D eigenvalue weighted by molar-refractivity contribution is -0.139. The van der Waals surface area contributed by atoms with Gasteiger partial charge in [-0.3, -0.25) is 4.79 Å². The summed E-state index contributed by atoms with van der Waals surface area (Å²) < 4.78 is 5.51. The highest BCUT2D eigenvalue weighted by molar-refractivity contribution is 5.79. The molecule has 1 saturated carbocycles. The second-order valence-corrected chi connectivity index (χ2v) is 9.87. The van der Waals surface area contributed by atoms with Crippen molar-refractivity contribution >= 4 is 12.0 Å². The third kappa shape index (κ3) is 5.15. The Labute approximate surface area is 164 Å². The Morgan fingerprint density at radius 3 is 1.93 bits per heavy atom. The van der Waals surface area contributed by atoms with E-state index >= 15 is 0 Å². The number of carbonyl (C=O) groups is 2. The van der Waals surface area contributed by atoms with E-state index in [2.05, 4.69) is 16.8 Å². The van der Waals surface area contributed by atoms with E-state index in [1.165, 1.54) is 0 Å². The first kappa shape index (κ1) is 20.4. The normalized spacial score (nSPS) is 24.9. The molecule has 6 nitrogen and oxygen atoms in total. The third-order valence-corrected chi connectivity index (χ3v) is 6.69. The van der Waals surface area contributed by atoms with Crippen LogP contribution in [0.5, 0.6) is 0 Å². The number of likely N-dealkylation sites (tertiary alicyclic amines) is 1. The van der Waals surface area contributed by atoms with E-state index in [9.17, 15) is 9.59 Å². The predicted octanol–water partition coefficient (Wildman–Crippen LogP) is 2.97. The maximum Gasteiger partial charge on any atom is 0.410 e. The molecule has 3 rings (SSSR count). The van der Waals surface area contributed by atoms with Gasteiger partial charge in [0.25, 0.3) is 0 Å². The van der Waals surface area contributed by atoms with Crippen molar-refractivity contribution in [1.29, 1.82) is 0 Å². The second kappa shape index (κ2) is 7.98. The lowest BCUT2D eigenvalue weighted by Gasteiger charge is -2.46. The minimum Gasteiger partial charge on any atom is -0.444 e. The van der Waals surface area contributed by atoms with Crippen LogP contribution < -0.4 is 0 Å². The third-order valence-electron chi connectivity index (χ3n) is 6.69. The lowest BCUT2D eigenvalue weighted by Crippen LogP contribution is -2.50. The quantitative estimate of drug-likeness (QED) is 0.703. The average Bonchev–Trinajstić information content (AvgIpc) is 2.62. The summed E-state index contributed by atoms with van der Waals surface area (Å²) in [7, 11) is 2.12. The lowest BCUT2D eigenvalue weighted by atomic mass is 9.65. The summed E-state index contributed by atoms with van der Waals surface area (Å²) in [6, 6.07) is 0. The van der Waals surface area contributed by atoms with E-state index in [-0.39, 0.29) is 12.0 Å². The molecule has 0 unspecified atom stereocenters. The van der Waals surface area contributed by atoms with E-state index in [1.54, 1.807) is 0 Å². The van der Waals surface area contributed by atoms with Gasteiger partial charge in [-0.25, -0.2) is 4.79 Å². The van der Waals surface area contributed by atoms with Gasteiger partial charge in [0.05, 0.1) is 0 Å². The zero-order chi connectivity index (χ0) is 19.7. The van der Waals surface area contributed by atoms with Gasteiger partial charge in [-0.1, -0.05) is 0 Å². The largest absolute Gasteiger partial charge is 0.444 e. The summed E-state index contributed by atoms with van der Waals surface area (Å²) in [5, 5.41) is 0. The van der Waals surface area contributed by atoms with Crippen LogP contribution in [0.2, 0.25) is 0 Å². The van der Waals surface area contributed by atoms with Crippen LogP contribution in [0, 0.1) is 11.3 Å². The minimum absolute atomic E-state index is 0.184. The molecule has 2 aliphatic heterocycles. The zero-order valence-corrected chi connectivity index (χ0v) is 17.6. The molecular weight excluding hydrogens is 342 g/mol. The molecule has 2 amide bonds. The first-order valence-electron chi connectivity index (χ1n) is 10.6. The van der Waals surface area contributed by atoms with E-state index in [4.69, 9.17) is 4.74 Å². The Bertz CT molecular complexity index is 531. The molecule has 0 aromatic carbocycles. The van der Waals surface area contributed by atoms with Gasteiger partial charge in [0.1, 0.15) is 5.60 Å². The van der Waals surface area contributed by atoms with E-state index in [0.717, 1.165) is 77.8 Å². The summed E-state index contributed by atoms with van der Waals surface area (Å²) in [5.74, 6) is 0.590. The van der Waals surface area contributed by atoms with Crippen molar-refractivity contribution in [3.63, 3.8) is 0 Å². The summed E-state index contributed by atoms with van der Waals surface area (Å²) in [5.41, 5.74) is -0.106. The highest BCUT2D eigenvalue weighted by Gasteiger charge is 2.41. The molecule has 0 aromatic heterocycles. The number of piperazine rings is 1. The summed E-state index contributed by atoms with van der Waals surface area (Å²) >= 11 is 0. The van der Waals surface area contributed by atoms with Crippen LogP contribution in [0.25, 0.3) is 0 Å². The minimum atomic E-state index is -0.437. The number of amides is 2. The first-order chi connectivity index (χ1) is 12.7. The van der Waals surface area contributed by atoms with Crippen LogP contribution in [0.4, 0.5) is 4.79 Å². The summed E-state index contributed by atoms with van der Waals surface area (Å²) in [4.78, 5) is 31.3. The Kier molecular flexibility index (Phi) is 6.04. The van der Waals surface area contributed by atoms with E-state index in [0.29, 0.717) is 11.3 Å². The predicted molar refractivity (Wildman–Crippen MR) is 106 cm³/mol. The first-order valence-corrected chi connectivity index (χ1v) is 10.6. The molecule has 1 spiro atoms. The molecule has 1 aliphatic carbocycles. The number of hydrogen-bond acceptors (Lipinski definition) is 4. The van der Waals surface area contributed by atoms with Crippen LogP contribution in [0.3, 0.4) is 0 Å². The van der Waals surface area contributed by atoms with Crippen LogP contribution in [-0.2, 0) is 9.53 Å². The van der Waals surface area contributed by atoms with Crippen molar-refractivity contribution in [2.45, 2.75) is 64.9 Å². The summed E-state index contributed by atoms with van der Waals surface area (Å²) in [6.45, 7) is 11.0. The molecule has 0 atom stereocenters. The fourth-order valence-corrected chi connectivity index (χ4v) is 4.75. The molecule has 154 valence electrons. The maximum atomic E-state index is 12.8. The number of hydrogen-bond donors (Lipinski definition) is 0. The number of ether oxygens (including phenoxy) is 1. The Morgan fingerprint density at radius 1 is 0.852 bits per heavy atom. The van der Waals surface area contributed by atoms with Crippen LogP contribution in [0.15, 0.2) is 0 Å². The molecule has 3 fully saturated rings. The fraction of sp³-hybridized carbons (Fsp3) is 0.905.